The molecule has 0 aliphatic carbocycles. The Balaban J connectivity index is 1.76. The van der Waals surface area contributed by atoms with Crippen LogP contribution < -0.4 is 5.32 Å². The number of aliphatic hydroxyl groups excluding tert-OH is 3. The van der Waals surface area contributed by atoms with Gasteiger partial charge in [0.15, 0.2) is 5.13 Å². The number of aromatic nitrogens is 1. The number of rotatable bonds is 3. The first-order valence-electron chi connectivity index (χ1n) is 6.81. The number of nitrogens with one attached hydrogen (secondary N) is 1. The second-order valence-electron chi connectivity index (χ2n) is 5.28. The molecule has 0 unspecified atom stereocenters. The van der Waals surface area contributed by atoms with E-state index in [9.17, 15) is 10.2 Å². The summed E-state index contributed by atoms with van der Waals surface area (Å²) >= 11 is 1.50. The SMILES string of the molecule is Cc1ccc2nc(N[C@H]3CO[C@H](CO)[C@H](O)[C@@H]3O)sc2c1. The maximum Gasteiger partial charge on any atom is 0.184 e. The maximum absolute atomic E-state index is 10.1. The number of nitrogens with zero attached hydrogens (tertiary/aromatic N) is 1. The van der Waals surface area contributed by atoms with Crippen LogP contribution in [0.15, 0.2) is 18.2 Å². The van der Waals surface area contributed by atoms with Crippen molar-refractivity contribution in [2.75, 3.05) is 18.5 Å². The van der Waals surface area contributed by atoms with Gasteiger partial charge in [-0.15, -0.1) is 0 Å². The monoisotopic (exact) mass is 310 g/mol. The van der Waals surface area contributed by atoms with E-state index >= 15 is 0 Å². The van der Waals surface area contributed by atoms with Crippen LogP contribution in [-0.4, -0.2) is 57.9 Å². The van der Waals surface area contributed by atoms with Crippen LogP contribution in [0.3, 0.4) is 0 Å². The largest absolute Gasteiger partial charge is 0.394 e. The van der Waals surface area contributed by atoms with E-state index in [0.29, 0.717) is 5.13 Å². The Morgan fingerprint density at radius 1 is 1.38 bits per heavy atom. The van der Waals surface area contributed by atoms with E-state index in [1.54, 1.807) is 0 Å². The average Bonchev–Trinajstić information content (AvgIpc) is 2.85. The first kappa shape index (κ1) is 14.7. The highest BCUT2D eigenvalue weighted by molar-refractivity contribution is 7.22. The van der Waals surface area contributed by atoms with Crippen molar-refractivity contribution in [3.63, 3.8) is 0 Å². The van der Waals surface area contributed by atoms with E-state index in [4.69, 9.17) is 9.84 Å². The molecule has 1 fully saturated rings. The van der Waals surface area contributed by atoms with Gasteiger partial charge in [-0.2, -0.15) is 0 Å². The molecule has 7 heteroatoms. The number of ether oxygens (including phenoxy) is 1. The maximum atomic E-state index is 10.1. The standard InChI is InChI=1S/C14H18N2O4S/c1-7-2-3-8-11(4-7)21-14(15-8)16-9-6-20-10(5-17)13(19)12(9)18/h2-4,9-10,12-13,17-19H,5-6H2,1H3,(H,15,16)/t9-,10+,12+,13-/m0/s1. The fraction of sp³-hybridized carbons (Fsp3) is 0.500. The zero-order chi connectivity index (χ0) is 15.0. The molecule has 0 bridgehead atoms. The lowest BCUT2D eigenvalue weighted by molar-refractivity contribution is -0.152. The second-order valence-corrected chi connectivity index (χ2v) is 6.31. The summed E-state index contributed by atoms with van der Waals surface area (Å²) in [6.07, 6.45) is -2.86. The van der Waals surface area contributed by atoms with Crippen molar-refractivity contribution in [3.8, 4) is 0 Å². The fourth-order valence-electron chi connectivity index (χ4n) is 2.42. The number of aryl methyl sites for hydroxylation is 1. The molecule has 1 aliphatic rings. The number of hydrogen-bond acceptors (Lipinski definition) is 7. The van der Waals surface area contributed by atoms with Gasteiger partial charge < -0.3 is 25.4 Å². The van der Waals surface area contributed by atoms with Crippen LogP contribution in [0.2, 0.25) is 0 Å². The third kappa shape index (κ3) is 2.88. The Morgan fingerprint density at radius 3 is 2.95 bits per heavy atom. The highest BCUT2D eigenvalue weighted by Crippen LogP contribution is 2.28. The van der Waals surface area contributed by atoms with Crippen LogP contribution in [-0.2, 0) is 4.74 Å². The van der Waals surface area contributed by atoms with Gasteiger partial charge >= 0.3 is 0 Å². The molecular weight excluding hydrogens is 292 g/mol. The van der Waals surface area contributed by atoms with Gasteiger partial charge in [-0.25, -0.2) is 4.98 Å². The van der Waals surface area contributed by atoms with Crippen molar-refractivity contribution in [1.82, 2.24) is 4.98 Å². The Kier molecular flexibility index (Phi) is 4.10. The summed E-state index contributed by atoms with van der Waals surface area (Å²) in [7, 11) is 0. The molecule has 0 amide bonds. The van der Waals surface area contributed by atoms with Gasteiger partial charge in [-0.3, -0.25) is 0 Å². The Labute approximate surface area is 126 Å². The number of aliphatic hydroxyl groups is 3. The molecule has 1 aromatic carbocycles. The summed E-state index contributed by atoms with van der Waals surface area (Å²) in [5, 5.41) is 32.8. The predicted molar refractivity (Wildman–Crippen MR) is 80.6 cm³/mol. The number of anilines is 1. The van der Waals surface area contributed by atoms with Crippen LogP contribution in [0.1, 0.15) is 5.56 Å². The first-order valence-corrected chi connectivity index (χ1v) is 7.62. The average molecular weight is 310 g/mol. The lowest BCUT2D eigenvalue weighted by Gasteiger charge is -2.37. The molecule has 1 aliphatic heterocycles. The van der Waals surface area contributed by atoms with Crippen molar-refractivity contribution in [2.24, 2.45) is 0 Å². The summed E-state index contributed by atoms with van der Waals surface area (Å²) in [6.45, 7) is 1.92. The zero-order valence-corrected chi connectivity index (χ0v) is 12.4. The zero-order valence-electron chi connectivity index (χ0n) is 11.6. The van der Waals surface area contributed by atoms with Gasteiger partial charge in [-0.05, 0) is 24.6 Å². The van der Waals surface area contributed by atoms with E-state index in [0.717, 1.165) is 10.2 Å². The van der Waals surface area contributed by atoms with Gasteiger partial charge in [0.05, 0.1) is 29.5 Å². The second kappa shape index (κ2) is 5.86. The molecular formula is C14H18N2O4S. The van der Waals surface area contributed by atoms with Gasteiger partial charge in [0.2, 0.25) is 0 Å². The molecule has 0 spiro atoms. The number of thiazole rings is 1. The normalized spacial score (nSPS) is 29.7. The van der Waals surface area contributed by atoms with Crippen LogP contribution in [0.25, 0.3) is 10.2 Å². The van der Waals surface area contributed by atoms with Gasteiger partial charge in [-0.1, -0.05) is 17.4 Å². The van der Waals surface area contributed by atoms with Crippen LogP contribution >= 0.6 is 11.3 Å². The Hall–Kier alpha value is -1.25. The Bertz CT molecular complexity index is 632. The summed E-state index contributed by atoms with van der Waals surface area (Å²) in [5.74, 6) is 0. The minimum atomic E-state index is -1.11. The molecule has 2 aromatic rings. The topological polar surface area (TPSA) is 94.8 Å². The van der Waals surface area contributed by atoms with Crippen molar-refractivity contribution < 1.29 is 20.1 Å². The number of fused-ring (bicyclic) bond motifs is 1. The van der Waals surface area contributed by atoms with E-state index < -0.39 is 24.4 Å². The summed E-state index contributed by atoms with van der Waals surface area (Å²) < 4.78 is 6.41. The number of benzene rings is 1. The summed E-state index contributed by atoms with van der Waals surface area (Å²) in [5.41, 5.74) is 2.06. The molecule has 21 heavy (non-hydrogen) atoms. The third-order valence-electron chi connectivity index (χ3n) is 3.67. The predicted octanol–water partition coefficient (Wildman–Crippen LogP) is 0.498. The Morgan fingerprint density at radius 2 is 2.19 bits per heavy atom. The summed E-state index contributed by atoms with van der Waals surface area (Å²) in [4.78, 5) is 4.46. The molecule has 1 aromatic heterocycles. The lowest BCUT2D eigenvalue weighted by Crippen LogP contribution is -2.56. The fourth-order valence-corrected chi connectivity index (χ4v) is 3.45. The molecule has 3 rings (SSSR count). The van der Waals surface area contributed by atoms with Crippen molar-refractivity contribution in [1.29, 1.82) is 0 Å². The third-order valence-corrected chi connectivity index (χ3v) is 4.62. The molecule has 4 N–H and O–H groups in total. The van der Waals surface area contributed by atoms with Crippen molar-refractivity contribution in [3.05, 3.63) is 23.8 Å². The quantitative estimate of drug-likeness (QED) is 0.659. The van der Waals surface area contributed by atoms with Gasteiger partial charge in [0.25, 0.3) is 0 Å². The minimum absolute atomic E-state index is 0.207. The smallest absolute Gasteiger partial charge is 0.184 e. The summed E-state index contributed by atoms with van der Waals surface area (Å²) in [6, 6.07) is 5.56. The molecule has 4 atom stereocenters. The number of hydrogen-bond donors (Lipinski definition) is 4. The molecule has 114 valence electrons. The highest BCUT2D eigenvalue weighted by atomic mass is 32.1. The van der Waals surface area contributed by atoms with Crippen molar-refractivity contribution in [2.45, 2.75) is 31.3 Å². The van der Waals surface area contributed by atoms with E-state index in [2.05, 4.69) is 16.4 Å². The van der Waals surface area contributed by atoms with Crippen LogP contribution in [0.4, 0.5) is 5.13 Å². The molecule has 0 saturated carbocycles. The lowest BCUT2D eigenvalue weighted by atomic mass is 9.99. The molecule has 6 nitrogen and oxygen atoms in total. The molecule has 1 saturated heterocycles. The van der Waals surface area contributed by atoms with Crippen LogP contribution in [0.5, 0.6) is 0 Å². The van der Waals surface area contributed by atoms with Crippen LogP contribution in [0, 0.1) is 6.92 Å². The first-order chi connectivity index (χ1) is 10.1. The minimum Gasteiger partial charge on any atom is -0.394 e. The van der Waals surface area contributed by atoms with E-state index in [-0.39, 0.29) is 13.2 Å². The van der Waals surface area contributed by atoms with Gasteiger partial charge in [0, 0.05) is 0 Å². The van der Waals surface area contributed by atoms with E-state index in [1.165, 1.54) is 16.9 Å². The highest BCUT2D eigenvalue weighted by Gasteiger charge is 2.38. The molecule has 2 heterocycles. The molecule has 0 radical (unpaired) electrons. The van der Waals surface area contributed by atoms with Gasteiger partial charge in [0.1, 0.15) is 18.3 Å². The van der Waals surface area contributed by atoms with E-state index in [1.807, 2.05) is 19.1 Å². The van der Waals surface area contributed by atoms with Crippen molar-refractivity contribution >= 4 is 26.7 Å².